The molecular weight excluding hydrogens is 224 g/mol. The maximum absolute atomic E-state index is 6.28. The number of pyridine rings is 1. The molecule has 3 heteroatoms. The van der Waals surface area contributed by atoms with Crippen LogP contribution >= 0.6 is 0 Å². The number of nitrogens with zero attached hydrogens (tertiary/aromatic N) is 1. The van der Waals surface area contributed by atoms with E-state index < -0.39 is 0 Å². The van der Waals surface area contributed by atoms with Crippen molar-refractivity contribution in [3.05, 3.63) is 59.4 Å². The van der Waals surface area contributed by atoms with Gasteiger partial charge < -0.3 is 10.5 Å². The van der Waals surface area contributed by atoms with Crippen LogP contribution in [-0.2, 0) is 6.42 Å². The quantitative estimate of drug-likeness (QED) is 0.877. The van der Waals surface area contributed by atoms with E-state index in [2.05, 4.69) is 18.0 Å². The van der Waals surface area contributed by atoms with E-state index in [0.29, 0.717) is 0 Å². The minimum Gasteiger partial charge on any atom is -0.490 e. The highest BCUT2D eigenvalue weighted by atomic mass is 16.5. The summed E-state index contributed by atoms with van der Waals surface area (Å²) in [6, 6.07) is 10.0. The number of hydrogen-bond donors (Lipinski definition) is 1. The smallest absolute Gasteiger partial charge is 0.123 e. The van der Waals surface area contributed by atoms with Gasteiger partial charge in [0.1, 0.15) is 11.9 Å². The maximum Gasteiger partial charge on any atom is 0.123 e. The SMILES string of the molecule is CC1Cc2cc(C(N)c3ccncc3)ccc2O1. The van der Waals surface area contributed by atoms with Crippen molar-refractivity contribution in [3.63, 3.8) is 0 Å². The molecule has 92 valence electrons. The van der Waals surface area contributed by atoms with Crippen LogP contribution in [0.4, 0.5) is 0 Å². The van der Waals surface area contributed by atoms with E-state index in [4.69, 9.17) is 10.5 Å². The standard InChI is InChI=1S/C15H16N2O/c1-10-8-13-9-12(2-3-14(13)18-10)15(16)11-4-6-17-7-5-11/h2-7,9-10,15H,8,16H2,1H3. The Labute approximate surface area is 107 Å². The highest BCUT2D eigenvalue weighted by molar-refractivity contribution is 5.43. The number of rotatable bonds is 2. The molecule has 0 radical (unpaired) electrons. The second kappa shape index (κ2) is 4.42. The van der Waals surface area contributed by atoms with Crippen LogP contribution in [0, 0.1) is 0 Å². The molecule has 0 bridgehead atoms. The van der Waals surface area contributed by atoms with Crippen molar-refractivity contribution in [1.82, 2.24) is 4.98 Å². The Hall–Kier alpha value is -1.87. The predicted molar refractivity (Wildman–Crippen MR) is 70.5 cm³/mol. The van der Waals surface area contributed by atoms with Gasteiger partial charge >= 0.3 is 0 Å². The van der Waals surface area contributed by atoms with Gasteiger partial charge in [-0.15, -0.1) is 0 Å². The van der Waals surface area contributed by atoms with Gasteiger partial charge in [0.2, 0.25) is 0 Å². The number of hydrogen-bond acceptors (Lipinski definition) is 3. The third kappa shape index (κ3) is 1.97. The molecule has 2 heterocycles. The van der Waals surface area contributed by atoms with Crippen molar-refractivity contribution >= 4 is 0 Å². The topological polar surface area (TPSA) is 48.1 Å². The maximum atomic E-state index is 6.28. The summed E-state index contributed by atoms with van der Waals surface area (Å²) < 4.78 is 5.70. The van der Waals surface area contributed by atoms with Crippen LogP contribution in [0.1, 0.15) is 29.7 Å². The van der Waals surface area contributed by atoms with Crippen LogP contribution in [0.15, 0.2) is 42.7 Å². The average molecular weight is 240 g/mol. The zero-order chi connectivity index (χ0) is 12.5. The molecule has 1 aliphatic rings. The molecule has 1 aromatic heterocycles. The Morgan fingerprint density at radius 1 is 1.22 bits per heavy atom. The molecule has 3 nitrogen and oxygen atoms in total. The van der Waals surface area contributed by atoms with Crippen molar-refractivity contribution in [2.75, 3.05) is 0 Å². The highest BCUT2D eigenvalue weighted by Crippen LogP contribution is 2.31. The van der Waals surface area contributed by atoms with Crippen LogP contribution < -0.4 is 10.5 Å². The van der Waals surface area contributed by atoms with Gasteiger partial charge in [-0.1, -0.05) is 12.1 Å². The van der Waals surface area contributed by atoms with Gasteiger partial charge in [-0.3, -0.25) is 4.98 Å². The molecule has 0 fully saturated rings. The summed E-state index contributed by atoms with van der Waals surface area (Å²) in [4.78, 5) is 4.01. The first-order chi connectivity index (χ1) is 8.74. The number of nitrogens with two attached hydrogens (primary N) is 1. The van der Waals surface area contributed by atoms with Gasteiger partial charge in [0.15, 0.2) is 0 Å². The van der Waals surface area contributed by atoms with Crippen molar-refractivity contribution in [2.45, 2.75) is 25.5 Å². The molecule has 1 aromatic carbocycles. The van der Waals surface area contributed by atoms with E-state index in [1.807, 2.05) is 24.3 Å². The third-order valence-corrected chi connectivity index (χ3v) is 3.34. The summed E-state index contributed by atoms with van der Waals surface area (Å²) in [6.07, 6.45) is 4.78. The van der Waals surface area contributed by atoms with Crippen LogP contribution in [0.25, 0.3) is 0 Å². The Bertz CT molecular complexity index is 554. The van der Waals surface area contributed by atoms with Crippen LogP contribution in [0.3, 0.4) is 0 Å². The lowest BCUT2D eigenvalue weighted by Gasteiger charge is -2.13. The van der Waals surface area contributed by atoms with Crippen molar-refractivity contribution in [1.29, 1.82) is 0 Å². The van der Waals surface area contributed by atoms with Crippen LogP contribution in [0.5, 0.6) is 5.75 Å². The van der Waals surface area contributed by atoms with Gasteiger partial charge in [-0.2, -0.15) is 0 Å². The summed E-state index contributed by atoms with van der Waals surface area (Å²) >= 11 is 0. The van der Waals surface area contributed by atoms with E-state index >= 15 is 0 Å². The predicted octanol–water partition coefficient (Wildman–Crippen LogP) is 2.45. The first-order valence-electron chi connectivity index (χ1n) is 6.19. The van der Waals surface area contributed by atoms with Gasteiger partial charge in [0.05, 0.1) is 6.04 Å². The van der Waals surface area contributed by atoms with Crippen LogP contribution in [0.2, 0.25) is 0 Å². The Morgan fingerprint density at radius 2 is 2.00 bits per heavy atom. The van der Waals surface area contributed by atoms with Crippen molar-refractivity contribution in [3.8, 4) is 5.75 Å². The third-order valence-electron chi connectivity index (χ3n) is 3.34. The fourth-order valence-electron chi connectivity index (χ4n) is 2.40. The fraction of sp³-hybridized carbons (Fsp3) is 0.267. The Morgan fingerprint density at radius 3 is 2.78 bits per heavy atom. The van der Waals surface area contributed by atoms with E-state index in [-0.39, 0.29) is 12.1 Å². The monoisotopic (exact) mass is 240 g/mol. The Kier molecular flexibility index (Phi) is 2.76. The molecule has 3 rings (SSSR count). The second-order valence-corrected chi connectivity index (χ2v) is 4.76. The Balaban J connectivity index is 1.92. The van der Waals surface area contributed by atoms with Gasteiger partial charge in [0.25, 0.3) is 0 Å². The van der Waals surface area contributed by atoms with Crippen molar-refractivity contribution in [2.24, 2.45) is 5.73 Å². The molecule has 1 aliphatic heterocycles. The minimum absolute atomic E-state index is 0.103. The summed E-state index contributed by atoms with van der Waals surface area (Å²) in [5.74, 6) is 0.994. The normalized spacial score (nSPS) is 19.1. The first kappa shape index (κ1) is 11.2. The number of fused-ring (bicyclic) bond motifs is 1. The molecule has 0 saturated carbocycles. The second-order valence-electron chi connectivity index (χ2n) is 4.76. The number of aromatic nitrogens is 1. The lowest BCUT2D eigenvalue weighted by atomic mass is 9.97. The van der Waals surface area contributed by atoms with Gasteiger partial charge in [-0.05, 0) is 41.8 Å². The number of ether oxygens (including phenoxy) is 1. The molecule has 2 atom stereocenters. The first-order valence-corrected chi connectivity index (χ1v) is 6.19. The molecular formula is C15H16N2O. The molecule has 0 aliphatic carbocycles. The number of benzene rings is 1. The van der Waals surface area contributed by atoms with E-state index in [0.717, 1.165) is 23.3 Å². The summed E-state index contributed by atoms with van der Waals surface area (Å²) in [5, 5.41) is 0. The van der Waals surface area contributed by atoms with E-state index in [9.17, 15) is 0 Å². The largest absolute Gasteiger partial charge is 0.490 e. The zero-order valence-corrected chi connectivity index (χ0v) is 10.3. The van der Waals surface area contributed by atoms with E-state index in [1.54, 1.807) is 12.4 Å². The molecule has 2 unspecified atom stereocenters. The van der Waals surface area contributed by atoms with Gasteiger partial charge in [-0.25, -0.2) is 0 Å². The molecule has 2 N–H and O–H groups in total. The fourth-order valence-corrected chi connectivity index (χ4v) is 2.40. The molecule has 0 saturated heterocycles. The van der Waals surface area contributed by atoms with E-state index in [1.165, 1.54) is 5.56 Å². The molecule has 18 heavy (non-hydrogen) atoms. The molecule has 2 aromatic rings. The molecule has 0 amide bonds. The minimum atomic E-state index is -0.103. The highest BCUT2D eigenvalue weighted by Gasteiger charge is 2.20. The van der Waals surface area contributed by atoms with Gasteiger partial charge in [0, 0.05) is 18.8 Å². The zero-order valence-electron chi connectivity index (χ0n) is 10.3. The summed E-state index contributed by atoms with van der Waals surface area (Å²) in [6.45, 7) is 2.09. The van der Waals surface area contributed by atoms with Crippen molar-refractivity contribution < 1.29 is 4.74 Å². The molecule has 0 spiro atoms. The lowest BCUT2D eigenvalue weighted by molar-refractivity contribution is 0.254. The van der Waals surface area contributed by atoms with Crippen LogP contribution in [-0.4, -0.2) is 11.1 Å². The summed E-state index contributed by atoms with van der Waals surface area (Å²) in [7, 11) is 0. The summed E-state index contributed by atoms with van der Waals surface area (Å²) in [5.41, 5.74) is 9.73. The lowest BCUT2D eigenvalue weighted by Crippen LogP contribution is -2.11. The average Bonchev–Trinajstić information content (AvgIpc) is 2.78.